The first-order chi connectivity index (χ1) is 9.16. The third-order valence-electron chi connectivity index (χ3n) is 3.46. The van der Waals surface area contributed by atoms with E-state index in [1.165, 1.54) is 11.1 Å². The predicted octanol–water partition coefficient (Wildman–Crippen LogP) is 3.90. The highest BCUT2D eigenvalue weighted by Crippen LogP contribution is 2.36. The van der Waals surface area contributed by atoms with Crippen LogP contribution in [0.2, 0.25) is 0 Å². The Hall–Kier alpha value is -0.360. The lowest BCUT2D eigenvalue weighted by molar-refractivity contribution is 0.589. The van der Waals surface area contributed by atoms with Crippen LogP contribution < -0.4 is 10.2 Å². The van der Waals surface area contributed by atoms with E-state index in [4.69, 9.17) is 0 Å². The fourth-order valence-corrected chi connectivity index (χ4v) is 3.43. The minimum atomic E-state index is 0. The van der Waals surface area contributed by atoms with Gasteiger partial charge in [-0.15, -0.1) is 12.4 Å². The zero-order valence-corrected chi connectivity index (χ0v) is 15.1. The second-order valence-electron chi connectivity index (χ2n) is 4.76. The molecule has 2 heterocycles. The summed E-state index contributed by atoms with van der Waals surface area (Å²) in [7, 11) is 0. The summed E-state index contributed by atoms with van der Waals surface area (Å²) in [6, 6.07) is 6.28. The van der Waals surface area contributed by atoms with Gasteiger partial charge in [-0.25, -0.2) is 0 Å². The average molecular weight is 422 g/mol. The highest BCUT2D eigenvalue weighted by molar-refractivity contribution is 9.11. The predicted molar refractivity (Wildman–Crippen MR) is 94.2 cm³/mol. The summed E-state index contributed by atoms with van der Waals surface area (Å²) in [6.07, 6.45) is 0. The van der Waals surface area contributed by atoms with Gasteiger partial charge in [0.15, 0.2) is 0 Å². The molecule has 1 aliphatic heterocycles. The average Bonchev–Trinajstić information content (AvgIpc) is 2.42. The van der Waals surface area contributed by atoms with Crippen molar-refractivity contribution < 1.29 is 0 Å². The lowest BCUT2D eigenvalue weighted by Gasteiger charge is -2.31. The zero-order chi connectivity index (χ0) is 13.4. The number of aryl methyl sites for hydroxylation is 1. The van der Waals surface area contributed by atoms with Gasteiger partial charge >= 0.3 is 0 Å². The molecule has 1 fully saturated rings. The summed E-state index contributed by atoms with van der Waals surface area (Å²) in [4.78, 5) is 7.10. The number of fused-ring (bicyclic) bond motifs is 1. The molecule has 0 aliphatic carbocycles. The molecule has 2 aromatic rings. The van der Waals surface area contributed by atoms with Crippen molar-refractivity contribution in [1.29, 1.82) is 0 Å². The van der Waals surface area contributed by atoms with Crippen LogP contribution in [-0.4, -0.2) is 31.2 Å². The Bertz CT molecular complexity index is 627. The molecular weight excluding hydrogens is 405 g/mol. The topological polar surface area (TPSA) is 28.2 Å². The minimum Gasteiger partial charge on any atom is -0.367 e. The summed E-state index contributed by atoms with van der Waals surface area (Å²) in [6.45, 7) is 6.18. The molecule has 1 aliphatic rings. The molecule has 1 aromatic carbocycles. The maximum atomic E-state index is 4.66. The molecule has 0 bridgehead atoms. The molecule has 3 rings (SSSR count). The SMILES string of the molecule is Cc1nc2ccc(Br)cc2c(N2CCNCC2)c1Br.Cl. The number of rotatable bonds is 1. The van der Waals surface area contributed by atoms with E-state index >= 15 is 0 Å². The molecule has 3 nitrogen and oxygen atoms in total. The van der Waals surface area contributed by atoms with Gasteiger partial charge < -0.3 is 10.2 Å². The Morgan fingerprint density at radius 3 is 2.60 bits per heavy atom. The molecule has 0 radical (unpaired) electrons. The smallest absolute Gasteiger partial charge is 0.0727 e. The molecule has 0 unspecified atom stereocenters. The van der Waals surface area contributed by atoms with Gasteiger partial charge in [0.1, 0.15) is 0 Å². The zero-order valence-electron chi connectivity index (χ0n) is 11.1. The highest BCUT2D eigenvalue weighted by Gasteiger charge is 2.18. The molecule has 108 valence electrons. The number of nitrogens with one attached hydrogen (secondary N) is 1. The van der Waals surface area contributed by atoms with Gasteiger partial charge in [0, 0.05) is 36.0 Å². The lowest BCUT2D eigenvalue weighted by atomic mass is 10.1. The van der Waals surface area contributed by atoms with Crippen LogP contribution in [-0.2, 0) is 0 Å². The van der Waals surface area contributed by atoms with E-state index < -0.39 is 0 Å². The first-order valence-corrected chi connectivity index (χ1v) is 7.96. The molecular formula is C14H16Br2ClN3. The number of aromatic nitrogens is 1. The fourth-order valence-electron chi connectivity index (χ4n) is 2.51. The van der Waals surface area contributed by atoms with E-state index in [9.17, 15) is 0 Å². The van der Waals surface area contributed by atoms with Gasteiger partial charge in [-0.3, -0.25) is 4.98 Å². The maximum absolute atomic E-state index is 4.66. The van der Waals surface area contributed by atoms with E-state index in [1.54, 1.807) is 0 Å². The normalized spacial score (nSPS) is 15.2. The Morgan fingerprint density at radius 1 is 1.20 bits per heavy atom. The monoisotopic (exact) mass is 419 g/mol. The van der Waals surface area contributed by atoms with E-state index in [0.717, 1.165) is 46.3 Å². The van der Waals surface area contributed by atoms with E-state index in [1.807, 2.05) is 6.07 Å². The van der Waals surface area contributed by atoms with Crippen LogP contribution >= 0.6 is 44.3 Å². The number of nitrogens with zero attached hydrogens (tertiary/aromatic N) is 2. The van der Waals surface area contributed by atoms with Crippen molar-refractivity contribution in [3.8, 4) is 0 Å². The third kappa shape index (κ3) is 2.96. The first-order valence-electron chi connectivity index (χ1n) is 6.38. The Balaban J connectivity index is 0.00000147. The van der Waals surface area contributed by atoms with Gasteiger partial charge in [0.2, 0.25) is 0 Å². The molecule has 1 aromatic heterocycles. The number of hydrogen-bond donors (Lipinski definition) is 1. The van der Waals surface area contributed by atoms with Crippen molar-refractivity contribution in [2.24, 2.45) is 0 Å². The van der Waals surface area contributed by atoms with Crippen molar-refractivity contribution in [3.05, 3.63) is 32.8 Å². The second-order valence-corrected chi connectivity index (χ2v) is 6.47. The maximum Gasteiger partial charge on any atom is 0.0727 e. The summed E-state index contributed by atoms with van der Waals surface area (Å²) < 4.78 is 2.20. The molecule has 0 amide bonds. The fraction of sp³-hybridized carbons (Fsp3) is 0.357. The molecule has 0 spiro atoms. The van der Waals surface area contributed by atoms with Crippen molar-refractivity contribution >= 4 is 60.9 Å². The minimum absolute atomic E-state index is 0. The van der Waals surface area contributed by atoms with Gasteiger partial charge in [-0.2, -0.15) is 0 Å². The summed E-state index contributed by atoms with van der Waals surface area (Å²) >= 11 is 7.28. The van der Waals surface area contributed by atoms with Crippen LogP contribution in [0.3, 0.4) is 0 Å². The number of benzene rings is 1. The molecule has 6 heteroatoms. The molecule has 1 N–H and O–H groups in total. The summed E-state index contributed by atoms with van der Waals surface area (Å²) in [5, 5.41) is 4.60. The Morgan fingerprint density at radius 2 is 1.90 bits per heavy atom. The van der Waals surface area contributed by atoms with Crippen molar-refractivity contribution in [2.75, 3.05) is 31.1 Å². The van der Waals surface area contributed by atoms with Crippen LogP contribution in [0.5, 0.6) is 0 Å². The lowest BCUT2D eigenvalue weighted by Crippen LogP contribution is -2.43. The largest absolute Gasteiger partial charge is 0.367 e. The molecule has 20 heavy (non-hydrogen) atoms. The first kappa shape index (κ1) is 16.0. The quantitative estimate of drug-likeness (QED) is 0.757. The third-order valence-corrected chi connectivity index (χ3v) is 4.90. The number of piperazine rings is 1. The van der Waals surface area contributed by atoms with Gasteiger partial charge in [-0.1, -0.05) is 15.9 Å². The number of pyridine rings is 1. The van der Waals surface area contributed by atoms with E-state index in [2.05, 4.69) is 66.1 Å². The van der Waals surface area contributed by atoms with Crippen LogP contribution in [0.15, 0.2) is 27.1 Å². The van der Waals surface area contributed by atoms with Gasteiger partial charge in [0.05, 0.1) is 21.4 Å². The molecule has 0 saturated carbocycles. The van der Waals surface area contributed by atoms with Crippen LogP contribution in [0.4, 0.5) is 5.69 Å². The Kier molecular flexibility index (Phi) is 5.29. The van der Waals surface area contributed by atoms with Crippen molar-refractivity contribution in [2.45, 2.75) is 6.92 Å². The van der Waals surface area contributed by atoms with Crippen LogP contribution in [0.25, 0.3) is 10.9 Å². The van der Waals surface area contributed by atoms with Crippen molar-refractivity contribution in [3.63, 3.8) is 0 Å². The number of hydrogen-bond acceptors (Lipinski definition) is 3. The summed E-state index contributed by atoms with van der Waals surface area (Å²) in [5.41, 5.74) is 3.37. The summed E-state index contributed by atoms with van der Waals surface area (Å²) in [5.74, 6) is 0. The van der Waals surface area contributed by atoms with Gasteiger partial charge in [0.25, 0.3) is 0 Å². The molecule has 0 atom stereocenters. The van der Waals surface area contributed by atoms with E-state index in [-0.39, 0.29) is 12.4 Å². The van der Waals surface area contributed by atoms with Crippen LogP contribution in [0, 0.1) is 6.92 Å². The second kappa shape index (κ2) is 6.60. The number of anilines is 1. The Labute approximate surface area is 141 Å². The van der Waals surface area contributed by atoms with Crippen LogP contribution in [0.1, 0.15) is 5.69 Å². The molecule has 1 saturated heterocycles. The standard InChI is InChI=1S/C14H15Br2N3.ClH/c1-9-13(16)14(19-6-4-17-5-7-19)11-8-10(15)2-3-12(11)18-9;/h2-3,8,17H,4-7H2,1H3;1H. The number of halogens is 3. The van der Waals surface area contributed by atoms with Gasteiger partial charge in [-0.05, 0) is 41.1 Å². The highest BCUT2D eigenvalue weighted by atomic mass is 79.9. The van der Waals surface area contributed by atoms with Crippen molar-refractivity contribution in [1.82, 2.24) is 10.3 Å². The van der Waals surface area contributed by atoms with E-state index in [0.29, 0.717) is 0 Å².